The van der Waals surface area contributed by atoms with Crippen molar-refractivity contribution in [3.05, 3.63) is 78.9 Å². The molecule has 1 saturated heterocycles. The van der Waals surface area contributed by atoms with E-state index in [4.69, 9.17) is 19.3 Å². The van der Waals surface area contributed by atoms with Crippen molar-refractivity contribution in [3.63, 3.8) is 0 Å². The van der Waals surface area contributed by atoms with Crippen molar-refractivity contribution in [3.8, 4) is 22.6 Å². The minimum Gasteiger partial charge on any atom is -0.399 e. The molecule has 0 N–H and O–H groups in total. The second-order valence-electron chi connectivity index (χ2n) is 8.99. The summed E-state index contributed by atoms with van der Waals surface area (Å²) in [5.74, 6) is 0.707. The van der Waals surface area contributed by atoms with E-state index in [0.29, 0.717) is 5.82 Å². The summed E-state index contributed by atoms with van der Waals surface area (Å²) in [6.07, 6.45) is 0. The molecule has 0 saturated carbocycles. The molecule has 1 aromatic heterocycles. The molecule has 0 radical (unpaired) electrons. The average molecular weight is 408 g/mol. The Bertz CT molecular complexity index is 1220. The lowest BCUT2D eigenvalue weighted by molar-refractivity contribution is 0.00578. The van der Waals surface area contributed by atoms with E-state index in [1.54, 1.807) is 0 Å². The van der Waals surface area contributed by atoms with Gasteiger partial charge in [-0.05, 0) is 39.2 Å². The molecule has 0 bridgehead atoms. The molecule has 0 spiro atoms. The summed E-state index contributed by atoms with van der Waals surface area (Å²) in [5.41, 5.74) is 4.19. The topological polar surface area (TPSA) is 44.2 Å². The molecule has 4 nitrogen and oxygen atoms in total. The third kappa shape index (κ3) is 3.54. The van der Waals surface area contributed by atoms with Gasteiger partial charge < -0.3 is 9.31 Å². The largest absolute Gasteiger partial charge is 0.494 e. The van der Waals surface area contributed by atoms with E-state index in [0.717, 1.165) is 33.2 Å². The lowest BCUT2D eigenvalue weighted by Gasteiger charge is -2.32. The molecule has 0 amide bonds. The van der Waals surface area contributed by atoms with E-state index in [9.17, 15) is 0 Å². The molecule has 1 aliphatic heterocycles. The van der Waals surface area contributed by atoms with E-state index in [-0.39, 0.29) is 18.3 Å². The Hall–Kier alpha value is -3.02. The summed E-state index contributed by atoms with van der Waals surface area (Å²) in [6.45, 7) is 8.26. The zero-order chi connectivity index (χ0) is 21.6. The van der Waals surface area contributed by atoms with Gasteiger partial charge in [-0.1, -0.05) is 72.8 Å². The molecular weight excluding hydrogens is 383 g/mol. The molecule has 1 aliphatic rings. The van der Waals surface area contributed by atoms with Gasteiger partial charge in [0.25, 0.3) is 0 Å². The molecule has 154 valence electrons. The molecule has 2 heterocycles. The van der Waals surface area contributed by atoms with Crippen LogP contribution in [0.2, 0.25) is 0 Å². The smallest absolute Gasteiger partial charge is 0.399 e. The van der Waals surface area contributed by atoms with Crippen molar-refractivity contribution in [1.29, 1.82) is 0 Å². The first-order valence-electron chi connectivity index (χ1n) is 10.6. The number of fused-ring (bicyclic) bond motifs is 1. The SMILES string of the molecule is CC1(C)OB(c2ccc(-c3nc(-c4ccccc4)c4ccccc4n3)cc2)OC1(C)C. The van der Waals surface area contributed by atoms with Crippen LogP contribution < -0.4 is 5.46 Å². The summed E-state index contributed by atoms with van der Waals surface area (Å²) in [7, 11) is -0.378. The first-order valence-corrected chi connectivity index (χ1v) is 10.6. The van der Waals surface area contributed by atoms with Crippen molar-refractivity contribution in [1.82, 2.24) is 9.97 Å². The average Bonchev–Trinajstić information content (AvgIpc) is 3.00. The summed E-state index contributed by atoms with van der Waals surface area (Å²) in [4.78, 5) is 9.77. The van der Waals surface area contributed by atoms with Gasteiger partial charge >= 0.3 is 7.12 Å². The van der Waals surface area contributed by atoms with Gasteiger partial charge in [-0.15, -0.1) is 0 Å². The molecule has 0 aliphatic carbocycles. The van der Waals surface area contributed by atoms with Gasteiger partial charge in [-0.25, -0.2) is 9.97 Å². The second kappa shape index (κ2) is 7.29. The fourth-order valence-electron chi connectivity index (χ4n) is 3.79. The molecule has 0 atom stereocenters. The second-order valence-corrected chi connectivity index (χ2v) is 8.99. The minimum atomic E-state index is -0.378. The maximum atomic E-state index is 6.18. The highest BCUT2D eigenvalue weighted by Crippen LogP contribution is 2.36. The van der Waals surface area contributed by atoms with E-state index in [2.05, 4.69) is 45.9 Å². The van der Waals surface area contributed by atoms with Gasteiger partial charge in [0.05, 0.1) is 22.4 Å². The Balaban J connectivity index is 1.53. The zero-order valence-electron chi connectivity index (χ0n) is 18.3. The van der Waals surface area contributed by atoms with Gasteiger partial charge in [0, 0.05) is 16.5 Å². The summed E-state index contributed by atoms with van der Waals surface area (Å²) >= 11 is 0. The van der Waals surface area contributed by atoms with E-state index in [1.807, 2.05) is 60.7 Å². The lowest BCUT2D eigenvalue weighted by atomic mass is 9.79. The van der Waals surface area contributed by atoms with Crippen LogP contribution in [0.5, 0.6) is 0 Å². The van der Waals surface area contributed by atoms with Crippen LogP contribution in [0.1, 0.15) is 27.7 Å². The molecule has 3 aromatic carbocycles. The summed E-state index contributed by atoms with van der Waals surface area (Å²) in [6, 6.07) is 26.6. The number of aromatic nitrogens is 2. The highest BCUT2D eigenvalue weighted by Gasteiger charge is 2.51. The Morgan fingerprint density at radius 3 is 1.94 bits per heavy atom. The van der Waals surface area contributed by atoms with Crippen LogP contribution in [-0.4, -0.2) is 28.3 Å². The van der Waals surface area contributed by atoms with Crippen molar-refractivity contribution in [2.24, 2.45) is 0 Å². The lowest BCUT2D eigenvalue weighted by Crippen LogP contribution is -2.41. The van der Waals surface area contributed by atoms with Crippen LogP contribution in [0, 0.1) is 0 Å². The number of rotatable bonds is 3. The molecule has 5 heteroatoms. The molecule has 5 rings (SSSR count). The normalized spacial score (nSPS) is 17.2. The van der Waals surface area contributed by atoms with E-state index >= 15 is 0 Å². The standard InChI is InChI=1S/C26H25BN2O2/c1-25(2)26(3,4)31-27(30-25)20-16-14-19(15-17-20)24-28-22-13-9-8-12-21(22)23(29-24)18-10-6-5-7-11-18/h5-17H,1-4H3. The first kappa shape index (κ1) is 19.9. The summed E-state index contributed by atoms with van der Waals surface area (Å²) < 4.78 is 12.4. The van der Waals surface area contributed by atoms with Gasteiger partial charge in [-0.3, -0.25) is 0 Å². The fourth-order valence-corrected chi connectivity index (χ4v) is 3.79. The third-order valence-corrected chi connectivity index (χ3v) is 6.34. The molecule has 4 aromatic rings. The number of para-hydroxylation sites is 1. The van der Waals surface area contributed by atoms with Crippen LogP contribution in [0.25, 0.3) is 33.5 Å². The number of nitrogens with zero attached hydrogens (tertiary/aromatic N) is 2. The van der Waals surface area contributed by atoms with Gasteiger partial charge in [0.2, 0.25) is 0 Å². The Morgan fingerprint density at radius 1 is 0.645 bits per heavy atom. The molecular formula is C26H25BN2O2. The van der Waals surface area contributed by atoms with Crippen LogP contribution in [0.4, 0.5) is 0 Å². The van der Waals surface area contributed by atoms with Crippen LogP contribution >= 0.6 is 0 Å². The quantitative estimate of drug-likeness (QED) is 0.434. The highest BCUT2D eigenvalue weighted by molar-refractivity contribution is 6.62. The van der Waals surface area contributed by atoms with Gasteiger partial charge in [0.15, 0.2) is 5.82 Å². The van der Waals surface area contributed by atoms with Crippen molar-refractivity contribution >= 4 is 23.5 Å². The Labute approximate surface area is 183 Å². The molecule has 31 heavy (non-hydrogen) atoms. The van der Waals surface area contributed by atoms with Crippen molar-refractivity contribution in [2.75, 3.05) is 0 Å². The predicted molar refractivity (Wildman–Crippen MR) is 126 cm³/mol. The van der Waals surface area contributed by atoms with Crippen LogP contribution in [0.15, 0.2) is 78.9 Å². The van der Waals surface area contributed by atoms with Gasteiger partial charge in [0.1, 0.15) is 0 Å². The minimum absolute atomic E-state index is 0.359. The maximum Gasteiger partial charge on any atom is 0.494 e. The maximum absolute atomic E-state index is 6.18. The predicted octanol–water partition coefficient (Wildman–Crippen LogP) is 5.26. The number of benzene rings is 3. The number of hydrogen-bond acceptors (Lipinski definition) is 4. The monoisotopic (exact) mass is 408 g/mol. The van der Waals surface area contributed by atoms with Crippen molar-refractivity contribution < 1.29 is 9.31 Å². The van der Waals surface area contributed by atoms with Crippen LogP contribution in [0.3, 0.4) is 0 Å². The highest BCUT2D eigenvalue weighted by atomic mass is 16.7. The van der Waals surface area contributed by atoms with Gasteiger partial charge in [-0.2, -0.15) is 0 Å². The van der Waals surface area contributed by atoms with Crippen LogP contribution in [-0.2, 0) is 9.31 Å². The van der Waals surface area contributed by atoms with E-state index in [1.165, 1.54) is 0 Å². The molecule has 0 unspecified atom stereocenters. The third-order valence-electron chi connectivity index (χ3n) is 6.34. The summed E-state index contributed by atoms with van der Waals surface area (Å²) in [5, 5.41) is 1.05. The van der Waals surface area contributed by atoms with Crippen molar-refractivity contribution in [2.45, 2.75) is 38.9 Å². The fraction of sp³-hybridized carbons (Fsp3) is 0.231. The Kier molecular flexibility index (Phi) is 4.69. The van der Waals surface area contributed by atoms with E-state index < -0.39 is 0 Å². The molecule has 1 fully saturated rings. The zero-order valence-corrected chi connectivity index (χ0v) is 18.3. The first-order chi connectivity index (χ1) is 14.8. The number of hydrogen-bond donors (Lipinski definition) is 0. The Morgan fingerprint density at radius 2 is 1.26 bits per heavy atom.